The number of hydrogen-bond donors (Lipinski definition) is 2. The lowest BCUT2D eigenvalue weighted by Gasteiger charge is -2.08. The molecule has 2 aromatic carbocycles. The van der Waals surface area contributed by atoms with Gasteiger partial charge < -0.3 is 15.4 Å². The van der Waals surface area contributed by atoms with Crippen LogP contribution in [0.1, 0.15) is 19.3 Å². The Balaban J connectivity index is 1.63. The lowest BCUT2D eigenvalue weighted by molar-refractivity contribution is -0.147. The minimum absolute atomic E-state index is 0.0319. The summed E-state index contributed by atoms with van der Waals surface area (Å²) in [6, 6.07) is 13.4. The Morgan fingerprint density at radius 2 is 1.56 bits per heavy atom. The van der Waals surface area contributed by atoms with Crippen LogP contribution in [0.15, 0.2) is 48.5 Å². The number of esters is 1. The molecule has 0 bridgehead atoms. The smallest absolute Gasteiger partial charge is 0.306 e. The molecule has 27 heavy (non-hydrogen) atoms. The predicted molar refractivity (Wildman–Crippen MR) is 105 cm³/mol. The fraction of sp³-hybridized carbons (Fsp3) is 0.211. The summed E-state index contributed by atoms with van der Waals surface area (Å²) < 4.78 is 4.89. The van der Waals surface area contributed by atoms with Gasteiger partial charge in [0.2, 0.25) is 5.91 Å². The second-order valence-electron chi connectivity index (χ2n) is 5.60. The molecule has 0 fully saturated rings. The van der Waals surface area contributed by atoms with E-state index in [0.29, 0.717) is 27.8 Å². The Morgan fingerprint density at radius 1 is 0.852 bits per heavy atom. The van der Waals surface area contributed by atoms with Crippen LogP contribution in [-0.4, -0.2) is 24.4 Å². The van der Waals surface area contributed by atoms with Crippen LogP contribution in [0.2, 0.25) is 10.0 Å². The summed E-state index contributed by atoms with van der Waals surface area (Å²) in [5, 5.41) is 6.24. The van der Waals surface area contributed by atoms with Crippen molar-refractivity contribution in [3.8, 4) is 0 Å². The maximum atomic E-state index is 11.8. The number of nitrogens with one attached hydrogen (secondary N) is 2. The number of para-hydroxylation sites is 1. The maximum Gasteiger partial charge on any atom is 0.306 e. The quantitative estimate of drug-likeness (QED) is 0.638. The largest absolute Gasteiger partial charge is 0.456 e. The van der Waals surface area contributed by atoms with Crippen molar-refractivity contribution >= 4 is 52.4 Å². The van der Waals surface area contributed by atoms with Gasteiger partial charge in [0.1, 0.15) is 0 Å². The first-order valence-electron chi connectivity index (χ1n) is 8.19. The van der Waals surface area contributed by atoms with Gasteiger partial charge in [0.15, 0.2) is 6.61 Å². The number of carbonyl (C=O) groups excluding carboxylic acids is 3. The summed E-state index contributed by atoms with van der Waals surface area (Å²) in [6.07, 6.45) is 0.468. The highest BCUT2D eigenvalue weighted by Gasteiger charge is 2.10. The number of rotatable bonds is 8. The molecule has 2 rings (SSSR count). The average molecular weight is 409 g/mol. The van der Waals surface area contributed by atoms with E-state index < -0.39 is 18.5 Å². The van der Waals surface area contributed by atoms with Crippen LogP contribution in [0.25, 0.3) is 0 Å². The fourth-order valence-electron chi connectivity index (χ4n) is 2.12. The van der Waals surface area contributed by atoms with Crippen molar-refractivity contribution in [1.82, 2.24) is 0 Å². The standard InChI is InChI=1S/C19H18Cl2N2O4/c20-13-8-10-14(11-9-13)22-18(25)12-27-19(26)7-3-6-17(24)23-16-5-2-1-4-15(16)21/h1-2,4-5,8-11H,3,6-7,12H2,(H,22,25)(H,23,24). The maximum absolute atomic E-state index is 11.8. The highest BCUT2D eigenvalue weighted by atomic mass is 35.5. The molecule has 0 aliphatic heterocycles. The van der Waals surface area contributed by atoms with E-state index in [9.17, 15) is 14.4 Å². The van der Waals surface area contributed by atoms with Crippen LogP contribution in [-0.2, 0) is 19.1 Å². The van der Waals surface area contributed by atoms with Crippen LogP contribution in [0.5, 0.6) is 0 Å². The minimum Gasteiger partial charge on any atom is -0.456 e. The number of amides is 2. The molecule has 142 valence electrons. The number of hydrogen-bond acceptors (Lipinski definition) is 4. The molecule has 8 heteroatoms. The Hall–Kier alpha value is -2.57. The second kappa shape index (κ2) is 10.5. The van der Waals surface area contributed by atoms with Crippen LogP contribution in [0.4, 0.5) is 11.4 Å². The van der Waals surface area contributed by atoms with Crippen molar-refractivity contribution in [3.05, 3.63) is 58.6 Å². The molecule has 0 radical (unpaired) electrons. The summed E-state index contributed by atoms with van der Waals surface area (Å²) >= 11 is 11.7. The van der Waals surface area contributed by atoms with Crippen molar-refractivity contribution in [2.45, 2.75) is 19.3 Å². The number of benzene rings is 2. The molecule has 0 unspecified atom stereocenters. The highest BCUT2D eigenvalue weighted by molar-refractivity contribution is 6.33. The Morgan fingerprint density at radius 3 is 2.26 bits per heavy atom. The van der Waals surface area contributed by atoms with E-state index in [-0.39, 0.29) is 18.7 Å². The third-order valence-corrected chi connectivity index (χ3v) is 4.01. The Bertz CT molecular complexity index is 810. The van der Waals surface area contributed by atoms with E-state index in [0.717, 1.165) is 0 Å². The Kier molecular flexibility index (Phi) is 8.10. The molecule has 0 atom stereocenters. The van der Waals surface area contributed by atoms with Crippen LogP contribution in [0.3, 0.4) is 0 Å². The molecule has 0 aromatic heterocycles. The fourth-order valence-corrected chi connectivity index (χ4v) is 2.43. The first-order chi connectivity index (χ1) is 12.9. The van der Waals surface area contributed by atoms with Crippen molar-refractivity contribution in [3.63, 3.8) is 0 Å². The third kappa shape index (κ3) is 7.68. The molecule has 6 nitrogen and oxygen atoms in total. The summed E-state index contributed by atoms with van der Waals surface area (Å²) in [5.41, 5.74) is 1.07. The zero-order valence-corrected chi connectivity index (χ0v) is 15.8. The van der Waals surface area contributed by atoms with Crippen molar-refractivity contribution in [2.75, 3.05) is 17.2 Å². The third-order valence-electron chi connectivity index (χ3n) is 3.42. The lowest BCUT2D eigenvalue weighted by Crippen LogP contribution is -2.21. The summed E-state index contributed by atoms with van der Waals surface area (Å²) in [5.74, 6) is -1.26. The van der Waals surface area contributed by atoms with Crippen molar-refractivity contribution < 1.29 is 19.1 Å². The Labute approximate surface area is 166 Å². The molecule has 0 heterocycles. The SMILES string of the molecule is O=C(COC(=O)CCCC(=O)Nc1ccccc1Cl)Nc1ccc(Cl)cc1. The molecule has 0 saturated heterocycles. The van der Waals surface area contributed by atoms with Crippen LogP contribution >= 0.6 is 23.2 Å². The van der Waals surface area contributed by atoms with Crippen molar-refractivity contribution in [1.29, 1.82) is 0 Å². The summed E-state index contributed by atoms with van der Waals surface area (Å²) in [7, 11) is 0. The monoisotopic (exact) mass is 408 g/mol. The van der Waals surface area contributed by atoms with Gasteiger partial charge in [-0.2, -0.15) is 0 Å². The zero-order valence-electron chi connectivity index (χ0n) is 14.3. The van der Waals surface area contributed by atoms with E-state index in [4.69, 9.17) is 27.9 Å². The normalized spacial score (nSPS) is 10.1. The molecule has 2 amide bonds. The molecular formula is C19H18Cl2N2O4. The summed E-state index contributed by atoms with van der Waals surface area (Å²) in [6.45, 7) is -0.396. The number of halogens is 2. The number of ether oxygens (including phenoxy) is 1. The van der Waals surface area contributed by atoms with E-state index >= 15 is 0 Å². The van der Waals surface area contributed by atoms with Gasteiger partial charge >= 0.3 is 5.97 Å². The van der Waals surface area contributed by atoms with Gasteiger partial charge in [-0.3, -0.25) is 14.4 Å². The van der Waals surface area contributed by atoms with Crippen LogP contribution in [0, 0.1) is 0 Å². The molecule has 2 N–H and O–H groups in total. The van der Waals surface area contributed by atoms with Gasteiger partial charge in [0.25, 0.3) is 5.91 Å². The summed E-state index contributed by atoms with van der Waals surface area (Å²) in [4.78, 5) is 35.2. The van der Waals surface area contributed by atoms with Gasteiger partial charge in [-0.05, 0) is 42.8 Å². The molecule has 0 spiro atoms. The zero-order chi connectivity index (χ0) is 19.6. The molecule has 0 aliphatic rings. The van der Waals surface area contributed by atoms with Crippen molar-refractivity contribution in [2.24, 2.45) is 0 Å². The van der Waals surface area contributed by atoms with Gasteiger partial charge in [0.05, 0.1) is 10.7 Å². The minimum atomic E-state index is -0.549. The first-order valence-corrected chi connectivity index (χ1v) is 8.95. The van der Waals surface area contributed by atoms with E-state index in [1.165, 1.54) is 0 Å². The predicted octanol–water partition coefficient (Wildman–Crippen LogP) is 4.28. The van der Waals surface area contributed by atoms with Crippen LogP contribution < -0.4 is 10.6 Å². The van der Waals surface area contributed by atoms with Gasteiger partial charge in [-0.25, -0.2) is 0 Å². The molecule has 2 aromatic rings. The second-order valence-corrected chi connectivity index (χ2v) is 6.44. The highest BCUT2D eigenvalue weighted by Crippen LogP contribution is 2.20. The molecular weight excluding hydrogens is 391 g/mol. The topological polar surface area (TPSA) is 84.5 Å². The lowest BCUT2D eigenvalue weighted by atomic mass is 10.2. The molecule has 0 aliphatic carbocycles. The van der Waals surface area contributed by atoms with Gasteiger partial charge in [0, 0.05) is 23.6 Å². The van der Waals surface area contributed by atoms with E-state index in [1.807, 2.05) is 0 Å². The first kappa shape index (κ1) is 20.7. The van der Waals surface area contributed by atoms with E-state index in [2.05, 4.69) is 10.6 Å². The number of carbonyl (C=O) groups is 3. The number of anilines is 2. The van der Waals surface area contributed by atoms with Gasteiger partial charge in [-0.15, -0.1) is 0 Å². The van der Waals surface area contributed by atoms with Gasteiger partial charge in [-0.1, -0.05) is 35.3 Å². The molecule has 0 saturated carbocycles. The van der Waals surface area contributed by atoms with E-state index in [1.54, 1.807) is 48.5 Å². The average Bonchev–Trinajstić information content (AvgIpc) is 2.64.